The van der Waals surface area contributed by atoms with Crippen LogP contribution in [0.15, 0.2) is 0 Å². The normalized spacial score (nSPS) is 42.9. The highest BCUT2D eigenvalue weighted by Crippen LogP contribution is 2.62. The highest BCUT2D eigenvalue weighted by molar-refractivity contribution is 7.93. The molecule has 0 aromatic carbocycles. The molecule has 92 valence electrons. The second kappa shape index (κ2) is 3.31. The van der Waals surface area contributed by atoms with E-state index in [-0.39, 0.29) is 12.4 Å². The molecule has 7 nitrogen and oxygen atoms in total. The standard InChI is InChI=1S/C7H9NO6S.ClH/c8-7-3(4(7)6(11)12)2(5(9)10)1-15(7,13)14;/h2-4H,1,8H2,(H,9,10)(H,11,12);1H. The summed E-state index contributed by atoms with van der Waals surface area (Å²) in [6.07, 6.45) is 0. The van der Waals surface area contributed by atoms with Gasteiger partial charge in [0, 0.05) is 5.92 Å². The Morgan fingerprint density at radius 1 is 1.25 bits per heavy atom. The molecule has 1 saturated carbocycles. The molecule has 4 N–H and O–H groups in total. The van der Waals surface area contributed by atoms with Crippen molar-refractivity contribution in [2.45, 2.75) is 4.87 Å². The van der Waals surface area contributed by atoms with E-state index in [0.29, 0.717) is 0 Å². The molecule has 0 spiro atoms. The number of hydrogen-bond acceptors (Lipinski definition) is 5. The minimum Gasteiger partial charge on any atom is -0.481 e. The number of hydrogen-bond donors (Lipinski definition) is 3. The summed E-state index contributed by atoms with van der Waals surface area (Å²) in [4.78, 5) is 19.6. The van der Waals surface area contributed by atoms with Crippen molar-refractivity contribution in [2.75, 3.05) is 5.75 Å². The van der Waals surface area contributed by atoms with Gasteiger partial charge in [-0.3, -0.25) is 9.59 Å². The second-order valence-electron chi connectivity index (χ2n) is 3.92. The molecule has 2 rings (SSSR count). The molecule has 0 radical (unpaired) electrons. The Hall–Kier alpha value is -0.860. The molecule has 1 aliphatic carbocycles. The van der Waals surface area contributed by atoms with E-state index >= 15 is 0 Å². The minimum absolute atomic E-state index is 0. The van der Waals surface area contributed by atoms with E-state index in [1.165, 1.54) is 0 Å². The molecule has 0 aromatic heterocycles. The molecule has 0 amide bonds. The molecule has 1 aliphatic heterocycles. The number of carbonyl (C=O) groups is 2. The number of halogens is 1. The van der Waals surface area contributed by atoms with Crippen molar-refractivity contribution in [3.8, 4) is 0 Å². The molecule has 4 unspecified atom stereocenters. The van der Waals surface area contributed by atoms with E-state index in [9.17, 15) is 18.0 Å². The third-order valence-corrected chi connectivity index (χ3v) is 5.61. The molecular weight excluding hydrogens is 262 g/mol. The lowest BCUT2D eigenvalue weighted by Crippen LogP contribution is -2.37. The van der Waals surface area contributed by atoms with Gasteiger partial charge in [-0.15, -0.1) is 12.4 Å². The Balaban J connectivity index is 0.00000128. The number of nitrogens with two attached hydrogens (primary N) is 1. The molecular formula is C7H10ClNO6S. The van der Waals surface area contributed by atoms with E-state index in [1.807, 2.05) is 0 Å². The van der Waals surface area contributed by atoms with Gasteiger partial charge < -0.3 is 15.9 Å². The molecule has 4 atom stereocenters. The summed E-state index contributed by atoms with van der Waals surface area (Å²) < 4.78 is 23.0. The Labute approximate surface area is 96.9 Å². The van der Waals surface area contributed by atoms with Crippen LogP contribution in [0.2, 0.25) is 0 Å². The molecule has 2 fully saturated rings. The van der Waals surface area contributed by atoms with Gasteiger partial charge in [0.05, 0.1) is 17.6 Å². The predicted octanol–water partition coefficient (Wildman–Crippen LogP) is -1.48. The first kappa shape index (κ1) is 13.2. The lowest BCUT2D eigenvalue weighted by Gasteiger charge is -2.08. The molecule has 1 heterocycles. The van der Waals surface area contributed by atoms with Crippen LogP contribution in [0.5, 0.6) is 0 Å². The van der Waals surface area contributed by atoms with Crippen molar-refractivity contribution in [2.24, 2.45) is 23.5 Å². The van der Waals surface area contributed by atoms with E-state index in [0.717, 1.165) is 0 Å². The molecule has 2 aliphatic rings. The lowest BCUT2D eigenvalue weighted by molar-refractivity contribution is -0.142. The summed E-state index contributed by atoms with van der Waals surface area (Å²) in [5.41, 5.74) is 5.47. The maximum atomic E-state index is 11.5. The van der Waals surface area contributed by atoms with Gasteiger partial charge in [0.2, 0.25) is 0 Å². The monoisotopic (exact) mass is 271 g/mol. The largest absolute Gasteiger partial charge is 0.481 e. The van der Waals surface area contributed by atoms with Crippen molar-refractivity contribution in [1.29, 1.82) is 0 Å². The third-order valence-electron chi connectivity index (χ3n) is 3.21. The van der Waals surface area contributed by atoms with E-state index in [1.54, 1.807) is 0 Å². The average Bonchev–Trinajstić information content (AvgIpc) is 2.63. The van der Waals surface area contributed by atoms with Crippen LogP contribution in [-0.4, -0.2) is 41.2 Å². The van der Waals surface area contributed by atoms with Gasteiger partial charge in [0.15, 0.2) is 9.84 Å². The van der Waals surface area contributed by atoms with Crippen molar-refractivity contribution >= 4 is 34.2 Å². The van der Waals surface area contributed by atoms with E-state index < -0.39 is 50.2 Å². The number of carboxylic acid groups (broad SMARTS) is 2. The predicted molar refractivity (Wildman–Crippen MR) is 53.7 cm³/mol. The summed E-state index contributed by atoms with van der Waals surface area (Å²) in [7, 11) is -3.82. The van der Waals surface area contributed by atoms with Crippen molar-refractivity contribution in [3.63, 3.8) is 0 Å². The summed E-state index contributed by atoms with van der Waals surface area (Å²) in [5.74, 6) is -6.68. The summed E-state index contributed by atoms with van der Waals surface area (Å²) in [6, 6.07) is 0. The molecule has 9 heteroatoms. The van der Waals surface area contributed by atoms with Gasteiger partial charge in [-0.2, -0.15) is 0 Å². The lowest BCUT2D eigenvalue weighted by atomic mass is 10.1. The topological polar surface area (TPSA) is 135 Å². The minimum atomic E-state index is -3.82. The number of carboxylic acids is 2. The van der Waals surface area contributed by atoms with Crippen LogP contribution in [0, 0.1) is 17.8 Å². The zero-order valence-corrected chi connectivity index (χ0v) is 9.49. The van der Waals surface area contributed by atoms with E-state index in [4.69, 9.17) is 15.9 Å². The summed E-state index contributed by atoms with van der Waals surface area (Å²) in [6.45, 7) is 0. The van der Waals surface area contributed by atoms with Gasteiger partial charge >= 0.3 is 11.9 Å². The Morgan fingerprint density at radius 3 is 2.06 bits per heavy atom. The average molecular weight is 272 g/mol. The number of fused-ring (bicyclic) bond motifs is 1. The van der Waals surface area contributed by atoms with Crippen molar-refractivity contribution < 1.29 is 28.2 Å². The highest BCUT2D eigenvalue weighted by Gasteiger charge is 2.81. The van der Waals surface area contributed by atoms with Crippen LogP contribution < -0.4 is 5.73 Å². The van der Waals surface area contributed by atoms with Crippen LogP contribution in [0.1, 0.15) is 0 Å². The highest BCUT2D eigenvalue weighted by atomic mass is 35.5. The number of aliphatic carboxylic acids is 2. The number of rotatable bonds is 2. The zero-order valence-electron chi connectivity index (χ0n) is 7.86. The summed E-state index contributed by atoms with van der Waals surface area (Å²) >= 11 is 0. The Kier molecular flexibility index (Phi) is 2.74. The van der Waals surface area contributed by atoms with Gasteiger partial charge in [0.1, 0.15) is 4.87 Å². The SMILES string of the molecule is Cl.NC12C(C(=O)O)C1C(C(=O)O)CS2(=O)=O. The maximum absolute atomic E-state index is 11.5. The first-order valence-corrected chi connectivity index (χ1v) is 5.85. The molecule has 0 bridgehead atoms. The van der Waals surface area contributed by atoms with Gasteiger partial charge in [-0.1, -0.05) is 0 Å². The third kappa shape index (κ3) is 1.26. The fourth-order valence-electron chi connectivity index (χ4n) is 2.41. The molecule has 16 heavy (non-hydrogen) atoms. The summed E-state index contributed by atoms with van der Waals surface area (Å²) in [5, 5.41) is 17.5. The van der Waals surface area contributed by atoms with E-state index in [2.05, 4.69) is 0 Å². The fraction of sp³-hybridized carbons (Fsp3) is 0.714. The number of sulfone groups is 1. The fourth-order valence-corrected chi connectivity index (χ4v) is 4.81. The quantitative estimate of drug-likeness (QED) is 0.557. The zero-order chi connectivity index (χ0) is 11.6. The van der Waals surface area contributed by atoms with Crippen molar-refractivity contribution in [3.05, 3.63) is 0 Å². The van der Waals surface area contributed by atoms with Gasteiger partial charge in [-0.05, 0) is 0 Å². The smallest absolute Gasteiger partial charge is 0.309 e. The Bertz CT molecular complexity index is 445. The van der Waals surface area contributed by atoms with Crippen LogP contribution in [0.3, 0.4) is 0 Å². The maximum Gasteiger partial charge on any atom is 0.309 e. The van der Waals surface area contributed by atoms with Crippen molar-refractivity contribution in [1.82, 2.24) is 0 Å². The first-order chi connectivity index (χ1) is 6.73. The van der Waals surface area contributed by atoms with Gasteiger partial charge in [0.25, 0.3) is 0 Å². The van der Waals surface area contributed by atoms with Crippen LogP contribution in [-0.2, 0) is 19.4 Å². The Morgan fingerprint density at radius 2 is 1.75 bits per heavy atom. The van der Waals surface area contributed by atoms with Gasteiger partial charge in [-0.25, -0.2) is 8.42 Å². The first-order valence-electron chi connectivity index (χ1n) is 4.20. The second-order valence-corrected chi connectivity index (χ2v) is 6.19. The van der Waals surface area contributed by atoms with Crippen LogP contribution in [0.25, 0.3) is 0 Å². The van der Waals surface area contributed by atoms with Crippen LogP contribution >= 0.6 is 12.4 Å². The molecule has 1 saturated heterocycles. The van der Waals surface area contributed by atoms with Crippen LogP contribution in [0.4, 0.5) is 0 Å². The molecule has 0 aromatic rings.